The highest BCUT2D eigenvalue weighted by Gasteiger charge is 2.27. The smallest absolute Gasteiger partial charge is 0.319 e. The maximum Gasteiger partial charge on any atom is 0.319 e. The second-order valence-corrected chi connectivity index (χ2v) is 7.68. The number of carbonyl (C=O) groups excluding carboxylic acids is 3. The van der Waals surface area contributed by atoms with Crippen LogP contribution >= 0.6 is 0 Å². The SMILES string of the molecule is CC(CC(=O)O)NC(=O)CC(=O)N1CCc2ccc(NC(=O)NCc3ccccc3)cc21. The van der Waals surface area contributed by atoms with E-state index in [9.17, 15) is 19.2 Å². The minimum absolute atomic E-state index is 0.214. The number of carboxylic acids is 1. The fourth-order valence-corrected chi connectivity index (χ4v) is 3.54. The highest BCUT2D eigenvalue weighted by molar-refractivity contribution is 6.06. The Labute approximate surface area is 185 Å². The van der Waals surface area contributed by atoms with Crippen molar-refractivity contribution in [2.45, 2.75) is 38.8 Å². The first-order valence-corrected chi connectivity index (χ1v) is 10.3. The third-order valence-electron chi connectivity index (χ3n) is 5.04. The molecule has 0 saturated carbocycles. The van der Waals surface area contributed by atoms with Crippen molar-refractivity contribution in [3.05, 3.63) is 59.7 Å². The molecule has 2 aromatic rings. The third kappa shape index (κ3) is 6.31. The minimum Gasteiger partial charge on any atom is -0.481 e. The molecule has 2 aromatic carbocycles. The number of rotatable bonds is 8. The van der Waals surface area contributed by atoms with Gasteiger partial charge in [-0.1, -0.05) is 36.4 Å². The van der Waals surface area contributed by atoms with Crippen LogP contribution in [0, 0.1) is 0 Å². The van der Waals surface area contributed by atoms with Gasteiger partial charge in [-0.3, -0.25) is 14.4 Å². The van der Waals surface area contributed by atoms with Gasteiger partial charge in [0.2, 0.25) is 11.8 Å². The first-order chi connectivity index (χ1) is 15.3. The van der Waals surface area contributed by atoms with Gasteiger partial charge in [-0.25, -0.2) is 4.79 Å². The van der Waals surface area contributed by atoms with Crippen LogP contribution in [0.4, 0.5) is 16.2 Å². The average molecular weight is 438 g/mol. The number of fused-ring (bicyclic) bond motifs is 1. The summed E-state index contributed by atoms with van der Waals surface area (Å²) in [6, 6.07) is 13.9. The molecule has 168 valence electrons. The molecule has 1 unspecified atom stereocenters. The van der Waals surface area contributed by atoms with E-state index in [2.05, 4.69) is 16.0 Å². The van der Waals surface area contributed by atoms with E-state index < -0.39 is 17.9 Å². The molecule has 1 aliphatic heterocycles. The Morgan fingerprint density at radius 3 is 2.56 bits per heavy atom. The zero-order valence-electron chi connectivity index (χ0n) is 17.8. The van der Waals surface area contributed by atoms with Crippen molar-refractivity contribution in [3.63, 3.8) is 0 Å². The van der Waals surface area contributed by atoms with Gasteiger partial charge in [-0.2, -0.15) is 0 Å². The van der Waals surface area contributed by atoms with Gasteiger partial charge in [0, 0.05) is 30.5 Å². The second kappa shape index (κ2) is 10.4. The van der Waals surface area contributed by atoms with E-state index in [0.29, 0.717) is 30.9 Å². The topological polar surface area (TPSA) is 128 Å². The van der Waals surface area contributed by atoms with E-state index in [1.165, 1.54) is 4.90 Å². The molecule has 0 aliphatic carbocycles. The molecule has 0 fully saturated rings. The zero-order valence-corrected chi connectivity index (χ0v) is 17.8. The molecule has 1 heterocycles. The molecule has 4 amide bonds. The van der Waals surface area contributed by atoms with Gasteiger partial charge >= 0.3 is 12.0 Å². The number of anilines is 2. The average Bonchev–Trinajstić information content (AvgIpc) is 3.15. The van der Waals surface area contributed by atoms with Gasteiger partial charge in [0.15, 0.2) is 0 Å². The molecule has 1 atom stereocenters. The van der Waals surface area contributed by atoms with Crippen LogP contribution in [0.25, 0.3) is 0 Å². The Hall–Kier alpha value is -3.88. The molecule has 0 radical (unpaired) electrons. The molecule has 0 bridgehead atoms. The molecule has 32 heavy (non-hydrogen) atoms. The van der Waals surface area contributed by atoms with Crippen LogP contribution in [0.5, 0.6) is 0 Å². The van der Waals surface area contributed by atoms with Crippen molar-refractivity contribution in [2.75, 3.05) is 16.8 Å². The molecule has 0 spiro atoms. The summed E-state index contributed by atoms with van der Waals surface area (Å²) >= 11 is 0. The van der Waals surface area contributed by atoms with Gasteiger partial charge in [-0.05, 0) is 36.6 Å². The standard InChI is InChI=1S/C23H26N4O5/c1-15(11-22(30)31)25-20(28)13-21(29)27-10-9-17-7-8-18(12-19(17)27)26-23(32)24-14-16-5-3-2-4-6-16/h2-8,12,15H,9-11,13-14H2,1H3,(H,25,28)(H,30,31)(H2,24,26,32). The summed E-state index contributed by atoms with van der Waals surface area (Å²) in [7, 11) is 0. The fraction of sp³-hybridized carbons (Fsp3) is 0.304. The number of hydrogen-bond acceptors (Lipinski definition) is 4. The number of aliphatic carboxylic acids is 1. The highest BCUT2D eigenvalue weighted by Crippen LogP contribution is 2.31. The van der Waals surface area contributed by atoms with Gasteiger partial charge in [0.05, 0.1) is 6.42 Å². The van der Waals surface area contributed by atoms with Gasteiger partial charge in [0.1, 0.15) is 6.42 Å². The number of hydrogen-bond donors (Lipinski definition) is 4. The monoisotopic (exact) mass is 438 g/mol. The zero-order chi connectivity index (χ0) is 23.1. The van der Waals surface area contributed by atoms with Crippen molar-refractivity contribution in [1.82, 2.24) is 10.6 Å². The van der Waals surface area contributed by atoms with E-state index in [1.54, 1.807) is 19.1 Å². The van der Waals surface area contributed by atoms with Gasteiger partial charge < -0.3 is 26.0 Å². The Bertz CT molecular complexity index is 1010. The number of benzene rings is 2. The highest BCUT2D eigenvalue weighted by atomic mass is 16.4. The van der Waals surface area contributed by atoms with Crippen molar-refractivity contribution in [2.24, 2.45) is 0 Å². The van der Waals surface area contributed by atoms with Crippen LogP contribution in [-0.2, 0) is 27.3 Å². The Morgan fingerprint density at radius 2 is 1.84 bits per heavy atom. The maximum absolute atomic E-state index is 12.7. The minimum atomic E-state index is -1.02. The van der Waals surface area contributed by atoms with Crippen molar-refractivity contribution >= 4 is 35.2 Å². The predicted molar refractivity (Wildman–Crippen MR) is 119 cm³/mol. The number of nitrogens with zero attached hydrogens (tertiary/aromatic N) is 1. The fourth-order valence-electron chi connectivity index (χ4n) is 3.54. The van der Waals surface area contributed by atoms with Gasteiger partial charge in [-0.15, -0.1) is 0 Å². The van der Waals surface area contributed by atoms with E-state index >= 15 is 0 Å². The lowest BCUT2D eigenvalue weighted by Gasteiger charge is -2.19. The number of carboxylic acid groups (broad SMARTS) is 1. The van der Waals surface area contributed by atoms with Crippen LogP contribution in [0.1, 0.15) is 30.9 Å². The van der Waals surface area contributed by atoms with Crippen LogP contribution in [-0.4, -0.2) is 41.5 Å². The Balaban J connectivity index is 1.57. The van der Waals surface area contributed by atoms with E-state index in [-0.39, 0.29) is 24.8 Å². The lowest BCUT2D eigenvalue weighted by molar-refractivity contribution is -0.137. The summed E-state index contributed by atoms with van der Waals surface area (Å²) in [5.41, 5.74) is 3.12. The summed E-state index contributed by atoms with van der Waals surface area (Å²) < 4.78 is 0. The summed E-state index contributed by atoms with van der Waals surface area (Å²) in [6.45, 7) is 2.40. The van der Waals surface area contributed by atoms with Crippen molar-refractivity contribution in [1.29, 1.82) is 0 Å². The van der Waals surface area contributed by atoms with E-state index in [0.717, 1.165) is 11.1 Å². The summed E-state index contributed by atoms with van der Waals surface area (Å²) in [6.07, 6.45) is 0.0606. The largest absolute Gasteiger partial charge is 0.481 e. The quantitative estimate of drug-likeness (QED) is 0.470. The number of amides is 4. The third-order valence-corrected chi connectivity index (χ3v) is 5.04. The lowest BCUT2D eigenvalue weighted by atomic mass is 10.1. The molecule has 9 heteroatoms. The van der Waals surface area contributed by atoms with Crippen LogP contribution in [0.3, 0.4) is 0 Å². The molecule has 4 N–H and O–H groups in total. The lowest BCUT2D eigenvalue weighted by Crippen LogP contribution is -2.39. The molecule has 0 saturated heterocycles. The van der Waals surface area contributed by atoms with E-state index in [1.807, 2.05) is 36.4 Å². The number of urea groups is 1. The van der Waals surface area contributed by atoms with Gasteiger partial charge in [0.25, 0.3) is 0 Å². The van der Waals surface area contributed by atoms with Crippen LogP contribution in [0.15, 0.2) is 48.5 Å². The molecule has 9 nitrogen and oxygen atoms in total. The van der Waals surface area contributed by atoms with Crippen molar-refractivity contribution in [3.8, 4) is 0 Å². The first kappa shape index (κ1) is 22.8. The van der Waals surface area contributed by atoms with Crippen LogP contribution < -0.4 is 20.9 Å². The number of nitrogens with one attached hydrogen (secondary N) is 3. The first-order valence-electron chi connectivity index (χ1n) is 10.3. The maximum atomic E-state index is 12.7. The Kier molecular flexibility index (Phi) is 7.43. The normalized spacial score (nSPS) is 13.1. The number of carbonyl (C=O) groups is 4. The summed E-state index contributed by atoms with van der Waals surface area (Å²) in [4.78, 5) is 49.2. The molecule has 1 aliphatic rings. The summed E-state index contributed by atoms with van der Waals surface area (Å²) in [5.74, 6) is -1.92. The molecule has 3 rings (SSSR count). The van der Waals surface area contributed by atoms with E-state index in [4.69, 9.17) is 5.11 Å². The Morgan fingerprint density at radius 1 is 1.09 bits per heavy atom. The van der Waals surface area contributed by atoms with Crippen LogP contribution in [0.2, 0.25) is 0 Å². The second-order valence-electron chi connectivity index (χ2n) is 7.68. The molecule has 0 aromatic heterocycles. The summed E-state index contributed by atoms with van der Waals surface area (Å²) in [5, 5.41) is 16.8. The molecular weight excluding hydrogens is 412 g/mol. The molecular formula is C23H26N4O5. The van der Waals surface area contributed by atoms with Crippen molar-refractivity contribution < 1.29 is 24.3 Å². The predicted octanol–water partition coefficient (Wildman–Crippen LogP) is 2.27.